The number of carbonyl (C=O) groups is 2. The molecule has 0 radical (unpaired) electrons. The Morgan fingerprint density at radius 2 is 1.95 bits per heavy atom. The van der Waals surface area contributed by atoms with Crippen LogP contribution in [-0.4, -0.2) is 28.9 Å². The third kappa shape index (κ3) is 5.75. The zero-order valence-electron chi connectivity index (χ0n) is 11.6. The molecule has 1 heterocycles. The number of nitrogens with zero attached hydrogens (tertiary/aromatic N) is 1. The summed E-state index contributed by atoms with van der Waals surface area (Å²) in [6.45, 7) is 5.92. The molecule has 0 aliphatic carbocycles. The maximum absolute atomic E-state index is 11.8. The third-order valence-corrected chi connectivity index (χ3v) is 2.90. The first kappa shape index (κ1) is 16.7. The molecule has 7 heteroatoms. The van der Waals surface area contributed by atoms with Crippen molar-refractivity contribution in [1.82, 2.24) is 15.6 Å². The van der Waals surface area contributed by atoms with Gasteiger partial charge in [-0.05, 0) is 26.8 Å². The van der Waals surface area contributed by atoms with E-state index in [1.807, 2.05) is 20.8 Å². The molecule has 110 valence electrons. The summed E-state index contributed by atoms with van der Waals surface area (Å²) in [4.78, 5) is 27.1. The number of rotatable bonds is 4. The van der Waals surface area contributed by atoms with Gasteiger partial charge in [0, 0.05) is 24.7 Å². The minimum atomic E-state index is -0.348. The van der Waals surface area contributed by atoms with E-state index in [1.165, 1.54) is 12.3 Å². The summed E-state index contributed by atoms with van der Waals surface area (Å²) in [7, 11) is 0. The van der Waals surface area contributed by atoms with E-state index in [-0.39, 0.29) is 40.5 Å². The Morgan fingerprint density at radius 3 is 2.50 bits per heavy atom. The monoisotopic (exact) mass is 317 g/mol. The normalized spacial score (nSPS) is 11.1. The van der Waals surface area contributed by atoms with Crippen molar-refractivity contribution in [2.24, 2.45) is 0 Å². The van der Waals surface area contributed by atoms with Crippen LogP contribution >= 0.6 is 23.2 Å². The van der Waals surface area contributed by atoms with Crippen LogP contribution in [0.5, 0.6) is 0 Å². The first-order valence-electron chi connectivity index (χ1n) is 6.09. The fourth-order valence-electron chi connectivity index (χ4n) is 1.42. The van der Waals surface area contributed by atoms with Crippen LogP contribution in [0.3, 0.4) is 0 Å². The molecule has 0 spiro atoms. The molecular weight excluding hydrogens is 301 g/mol. The van der Waals surface area contributed by atoms with Gasteiger partial charge in [-0.15, -0.1) is 0 Å². The molecule has 0 bridgehead atoms. The van der Waals surface area contributed by atoms with Gasteiger partial charge in [0.25, 0.3) is 5.91 Å². The molecule has 0 unspecified atom stereocenters. The Kier molecular flexibility index (Phi) is 5.77. The fourth-order valence-corrected chi connectivity index (χ4v) is 1.69. The first-order valence-corrected chi connectivity index (χ1v) is 6.85. The van der Waals surface area contributed by atoms with Gasteiger partial charge >= 0.3 is 0 Å². The van der Waals surface area contributed by atoms with Gasteiger partial charge in [-0.3, -0.25) is 9.59 Å². The minimum absolute atomic E-state index is 0.120. The predicted octanol–water partition coefficient (Wildman–Crippen LogP) is 2.42. The Balaban J connectivity index is 2.44. The fraction of sp³-hybridized carbons (Fsp3) is 0.462. The van der Waals surface area contributed by atoms with Crippen LogP contribution in [-0.2, 0) is 4.79 Å². The second kappa shape index (κ2) is 6.90. The molecule has 2 N–H and O–H groups in total. The van der Waals surface area contributed by atoms with E-state index in [0.717, 1.165) is 0 Å². The molecule has 1 aromatic heterocycles. The number of carbonyl (C=O) groups excluding carboxylic acids is 2. The van der Waals surface area contributed by atoms with Crippen LogP contribution in [0.2, 0.25) is 10.2 Å². The van der Waals surface area contributed by atoms with Gasteiger partial charge in [0.15, 0.2) is 0 Å². The van der Waals surface area contributed by atoms with Gasteiger partial charge in [0.05, 0.1) is 10.6 Å². The number of amides is 2. The van der Waals surface area contributed by atoms with Crippen LogP contribution in [0.1, 0.15) is 37.6 Å². The van der Waals surface area contributed by atoms with E-state index in [4.69, 9.17) is 23.2 Å². The summed E-state index contributed by atoms with van der Waals surface area (Å²) < 4.78 is 0. The quantitative estimate of drug-likeness (QED) is 0.838. The molecule has 0 atom stereocenters. The van der Waals surface area contributed by atoms with E-state index in [2.05, 4.69) is 15.6 Å². The molecule has 0 aromatic carbocycles. The van der Waals surface area contributed by atoms with Crippen molar-refractivity contribution in [2.45, 2.75) is 32.7 Å². The van der Waals surface area contributed by atoms with Crippen LogP contribution in [0, 0.1) is 0 Å². The number of halogens is 2. The van der Waals surface area contributed by atoms with Gasteiger partial charge < -0.3 is 10.6 Å². The lowest BCUT2D eigenvalue weighted by Gasteiger charge is -2.20. The molecule has 5 nitrogen and oxygen atoms in total. The maximum Gasteiger partial charge on any atom is 0.252 e. The third-order valence-electron chi connectivity index (χ3n) is 2.21. The van der Waals surface area contributed by atoms with Crippen LogP contribution < -0.4 is 10.6 Å². The van der Waals surface area contributed by atoms with Crippen molar-refractivity contribution < 1.29 is 9.59 Å². The summed E-state index contributed by atoms with van der Waals surface area (Å²) in [6.07, 6.45) is 1.54. The van der Waals surface area contributed by atoms with E-state index < -0.39 is 0 Å². The number of pyridine rings is 1. The molecule has 0 saturated heterocycles. The Bertz CT molecular complexity index is 513. The predicted molar refractivity (Wildman–Crippen MR) is 79.1 cm³/mol. The van der Waals surface area contributed by atoms with Gasteiger partial charge in [-0.1, -0.05) is 23.2 Å². The van der Waals surface area contributed by atoms with Crippen molar-refractivity contribution in [3.63, 3.8) is 0 Å². The number of nitrogens with one attached hydrogen (secondary N) is 2. The smallest absolute Gasteiger partial charge is 0.252 e. The van der Waals surface area contributed by atoms with Crippen LogP contribution in [0.25, 0.3) is 0 Å². The molecule has 1 aromatic rings. The van der Waals surface area contributed by atoms with Gasteiger partial charge in [-0.25, -0.2) is 4.98 Å². The molecule has 0 saturated carbocycles. The zero-order valence-corrected chi connectivity index (χ0v) is 13.1. The average Bonchev–Trinajstić information content (AvgIpc) is 2.30. The second-order valence-corrected chi connectivity index (χ2v) is 6.07. The number of aromatic nitrogens is 1. The van der Waals surface area contributed by atoms with Gasteiger partial charge in [0.1, 0.15) is 5.15 Å². The Labute approximate surface area is 128 Å². The van der Waals surface area contributed by atoms with Crippen molar-refractivity contribution in [1.29, 1.82) is 0 Å². The standard InChI is InChI=1S/C13H17Cl2N3O2/c1-13(2,3)18-10(19)4-5-16-12(20)8-6-9(14)11(15)17-7-8/h6-7H,4-5H2,1-3H3,(H,16,20)(H,18,19). The van der Waals surface area contributed by atoms with E-state index in [9.17, 15) is 9.59 Å². The van der Waals surface area contributed by atoms with E-state index >= 15 is 0 Å². The highest BCUT2D eigenvalue weighted by Crippen LogP contribution is 2.19. The molecule has 2 amide bonds. The topological polar surface area (TPSA) is 71.1 Å². The van der Waals surface area contributed by atoms with E-state index in [1.54, 1.807) is 0 Å². The summed E-state index contributed by atoms with van der Waals surface area (Å²) in [5.41, 5.74) is 0.0185. The second-order valence-electron chi connectivity index (χ2n) is 5.30. The lowest BCUT2D eigenvalue weighted by atomic mass is 10.1. The zero-order chi connectivity index (χ0) is 15.3. The van der Waals surface area contributed by atoms with E-state index in [0.29, 0.717) is 5.56 Å². The lowest BCUT2D eigenvalue weighted by Crippen LogP contribution is -2.42. The summed E-state index contributed by atoms with van der Waals surface area (Å²) >= 11 is 11.4. The van der Waals surface area contributed by atoms with Crippen LogP contribution in [0.4, 0.5) is 0 Å². The number of hydrogen-bond donors (Lipinski definition) is 2. The highest BCUT2D eigenvalue weighted by Gasteiger charge is 2.14. The lowest BCUT2D eigenvalue weighted by molar-refractivity contribution is -0.122. The van der Waals surface area contributed by atoms with Gasteiger partial charge in [0.2, 0.25) is 5.91 Å². The average molecular weight is 318 g/mol. The molecule has 1 rings (SSSR count). The summed E-state index contributed by atoms with van der Waals surface area (Å²) in [6, 6.07) is 1.43. The van der Waals surface area contributed by atoms with Gasteiger partial charge in [-0.2, -0.15) is 0 Å². The molecular formula is C13H17Cl2N3O2. The van der Waals surface area contributed by atoms with Crippen molar-refractivity contribution in [3.8, 4) is 0 Å². The Hall–Kier alpha value is -1.33. The largest absolute Gasteiger partial charge is 0.351 e. The molecule has 0 aliphatic rings. The summed E-state index contributed by atoms with van der Waals surface area (Å²) in [5.74, 6) is -0.468. The SMILES string of the molecule is CC(C)(C)NC(=O)CCNC(=O)c1cnc(Cl)c(Cl)c1. The molecule has 0 fully saturated rings. The van der Waals surface area contributed by atoms with Crippen LogP contribution in [0.15, 0.2) is 12.3 Å². The highest BCUT2D eigenvalue weighted by atomic mass is 35.5. The Morgan fingerprint density at radius 1 is 1.30 bits per heavy atom. The first-order chi connectivity index (χ1) is 9.19. The molecule has 20 heavy (non-hydrogen) atoms. The highest BCUT2D eigenvalue weighted by molar-refractivity contribution is 6.41. The van der Waals surface area contributed by atoms with Crippen molar-refractivity contribution >= 4 is 35.0 Å². The van der Waals surface area contributed by atoms with Crippen molar-refractivity contribution in [3.05, 3.63) is 28.0 Å². The maximum atomic E-state index is 11.8. The van der Waals surface area contributed by atoms with Crippen molar-refractivity contribution in [2.75, 3.05) is 6.54 Å². The summed E-state index contributed by atoms with van der Waals surface area (Å²) in [5, 5.41) is 5.79. The molecule has 0 aliphatic heterocycles. The minimum Gasteiger partial charge on any atom is -0.351 e. The number of hydrogen-bond acceptors (Lipinski definition) is 3.